The fraction of sp³-hybridized carbons (Fsp3) is 0.579. The van der Waals surface area contributed by atoms with E-state index in [4.69, 9.17) is 16.7 Å². The van der Waals surface area contributed by atoms with Gasteiger partial charge in [-0.1, -0.05) is 29.8 Å². The SMILES string of the molecule is O=C(O)C1CCC(C(=O)N2CCCC2Cc2ccccc2Cl)CC1. The normalized spacial score (nSPS) is 27.2. The van der Waals surface area contributed by atoms with Gasteiger partial charge in [-0.25, -0.2) is 0 Å². The molecular formula is C19H24ClNO3. The molecule has 0 bridgehead atoms. The highest BCUT2D eigenvalue weighted by Gasteiger charge is 2.36. The maximum Gasteiger partial charge on any atom is 0.306 e. The molecule has 130 valence electrons. The number of hydrogen-bond acceptors (Lipinski definition) is 2. The molecule has 0 radical (unpaired) electrons. The van der Waals surface area contributed by atoms with Gasteiger partial charge in [-0.2, -0.15) is 0 Å². The molecule has 5 heteroatoms. The van der Waals surface area contributed by atoms with Crippen molar-refractivity contribution in [3.8, 4) is 0 Å². The van der Waals surface area contributed by atoms with Crippen molar-refractivity contribution < 1.29 is 14.7 Å². The lowest BCUT2D eigenvalue weighted by Gasteiger charge is -2.32. The lowest BCUT2D eigenvalue weighted by molar-refractivity contribution is -0.146. The molecule has 1 amide bonds. The van der Waals surface area contributed by atoms with Gasteiger partial charge in [0, 0.05) is 23.5 Å². The summed E-state index contributed by atoms with van der Waals surface area (Å²) >= 11 is 6.27. The summed E-state index contributed by atoms with van der Waals surface area (Å²) in [5.74, 6) is -0.786. The van der Waals surface area contributed by atoms with Gasteiger partial charge in [-0.15, -0.1) is 0 Å². The highest BCUT2D eigenvalue weighted by molar-refractivity contribution is 6.31. The molecule has 1 atom stereocenters. The van der Waals surface area contributed by atoms with Crippen LogP contribution in [0, 0.1) is 11.8 Å². The maximum atomic E-state index is 12.9. The molecule has 1 aliphatic carbocycles. The van der Waals surface area contributed by atoms with Crippen molar-refractivity contribution in [3.05, 3.63) is 34.9 Å². The topological polar surface area (TPSA) is 57.6 Å². The number of likely N-dealkylation sites (tertiary alicyclic amines) is 1. The summed E-state index contributed by atoms with van der Waals surface area (Å²) in [6, 6.07) is 8.04. The van der Waals surface area contributed by atoms with E-state index in [9.17, 15) is 9.59 Å². The average Bonchev–Trinajstić information content (AvgIpc) is 3.04. The number of hydrogen-bond donors (Lipinski definition) is 1. The van der Waals surface area contributed by atoms with E-state index in [2.05, 4.69) is 0 Å². The van der Waals surface area contributed by atoms with Crippen LogP contribution in [0.4, 0.5) is 0 Å². The Kier molecular flexibility index (Phi) is 5.44. The fourth-order valence-electron chi connectivity index (χ4n) is 4.08. The Hall–Kier alpha value is -1.55. The van der Waals surface area contributed by atoms with Crippen molar-refractivity contribution in [3.63, 3.8) is 0 Å². The Morgan fingerprint density at radius 2 is 1.75 bits per heavy atom. The number of carboxylic acid groups (broad SMARTS) is 1. The number of amides is 1. The molecular weight excluding hydrogens is 326 g/mol. The summed E-state index contributed by atoms with van der Waals surface area (Å²) in [4.78, 5) is 26.0. The third-order valence-electron chi connectivity index (χ3n) is 5.50. The number of aliphatic carboxylic acids is 1. The van der Waals surface area contributed by atoms with E-state index in [-0.39, 0.29) is 23.8 Å². The highest BCUT2D eigenvalue weighted by Crippen LogP contribution is 2.33. The van der Waals surface area contributed by atoms with E-state index in [1.807, 2.05) is 29.2 Å². The molecule has 1 N–H and O–H groups in total. The van der Waals surface area contributed by atoms with Crippen LogP contribution in [0.3, 0.4) is 0 Å². The monoisotopic (exact) mass is 349 g/mol. The molecule has 3 rings (SSSR count). The first kappa shape index (κ1) is 17.3. The first-order valence-electron chi connectivity index (χ1n) is 8.83. The minimum atomic E-state index is -0.723. The molecule has 1 aliphatic heterocycles. The van der Waals surface area contributed by atoms with Gasteiger partial charge in [0.05, 0.1) is 5.92 Å². The molecule has 24 heavy (non-hydrogen) atoms. The lowest BCUT2D eigenvalue weighted by atomic mass is 9.81. The highest BCUT2D eigenvalue weighted by atomic mass is 35.5. The van der Waals surface area contributed by atoms with E-state index in [0.717, 1.165) is 36.4 Å². The van der Waals surface area contributed by atoms with E-state index in [1.54, 1.807) is 0 Å². The number of carbonyl (C=O) groups excluding carboxylic acids is 1. The van der Waals surface area contributed by atoms with Crippen LogP contribution >= 0.6 is 11.6 Å². The van der Waals surface area contributed by atoms with Crippen molar-refractivity contribution >= 4 is 23.5 Å². The Morgan fingerprint density at radius 1 is 1.08 bits per heavy atom. The number of rotatable bonds is 4. The predicted octanol–water partition coefficient (Wildman–Crippen LogP) is 3.76. The third kappa shape index (κ3) is 3.75. The van der Waals surface area contributed by atoms with E-state index in [1.165, 1.54) is 0 Å². The van der Waals surface area contributed by atoms with Gasteiger partial charge in [-0.05, 0) is 56.6 Å². The van der Waals surface area contributed by atoms with Crippen molar-refractivity contribution in [2.45, 2.75) is 51.0 Å². The fourth-order valence-corrected chi connectivity index (χ4v) is 4.29. The molecule has 2 aliphatic rings. The molecule has 1 saturated carbocycles. The van der Waals surface area contributed by atoms with Gasteiger partial charge in [0.15, 0.2) is 0 Å². The van der Waals surface area contributed by atoms with Crippen molar-refractivity contribution in [1.82, 2.24) is 4.90 Å². The number of benzene rings is 1. The predicted molar refractivity (Wildman–Crippen MR) is 93.0 cm³/mol. The number of nitrogens with zero attached hydrogens (tertiary/aromatic N) is 1. The van der Waals surface area contributed by atoms with Gasteiger partial charge in [0.2, 0.25) is 5.91 Å². The van der Waals surface area contributed by atoms with Gasteiger partial charge in [0.25, 0.3) is 0 Å². The number of halogens is 1. The molecule has 4 nitrogen and oxygen atoms in total. The zero-order valence-electron chi connectivity index (χ0n) is 13.8. The second-order valence-corrected chi connectivity index (χ2v) is 7.42. The quantitative estimate of drug-likeness (QED) is 0.900. The zero-order chi connectivity index (χ0) is 17.1. The van der Waals surface area contributed by atoms with Crippen LogP contribution in [0.1, 0.15) is 44.1 Å². The van der Waals surface area contributed by atoms with Crippen LogP contribution in [-0.2, 0) is 16.0 Å². The standard InChI is InChI=1S/C19H24ClNO3/c20-17-6-2-1-4-15(17)12-16-5-3-11-21(16)18(22)13-7-9-14(10-8-13)19(23)24/h1-2,4,6,13-14,16H,3,5,7-12H2,(H,23,24). The molecule has 1 aromatic rings. The van der Waals surface area contributed by atoms with Crippen LogP contribution in [-0.4, -0.2) is 34.5 Å². The summed E-state index contributed by atoms with van der Waals surface area (Å²) < 4.78 is 0. The van der Waals surface area contributed by atoms with Crippen LogP contribution in [0.15, 0.2) is 24.3 Å². The minimum absolute atomic E-state index is 0.00700. The summed E-state index contributed by atoms with van der Waals surface area (Å²) in [7, 11) is 0. The molecule has 0 aromatic heterocycles. The molecule has 1 unspecified atom stereocenters. The van der Waals surface area contributed by atoms with E-state index in [0.29, 0.717) is 25.7 Å². The van der Waals surface area contributed by atoms with Crippen LogP contribution in [0.5, 0.6) is 0 Å². The number of carbonyl (C=O) groups is 2. The van der Waals surface area contributed by atoms with Gasteiger partial charge in [-0.3, -0.25) is 9.59 Å². The van der Waals surface area contributed by atoms with Crippen LogP contribution < -0.4 is 0 Å². The lowest BCUT2D eigenvalue weighted by Crippen LogP contribution is -2.42. The first-order valence-corrected chi connectivity index (χ1v) is 9.20. The van der Waals surface area contributed by atoms with Gasteiger partial charge < -0.3 is 10.0 Å². The average molecular weight is 350 g/mol. The van der Waals surface area contributed by atoms with Crippen LogP contribution in [0.25, 0.3) is 0 Å². The third-order valence-corrected chi connectivity index (χ3v) is 5.87. The van der Waals surface area contributed by atoms with E-state index >= 15 is 0 Å². The second-order valence-electron chi connectivity index (χ2n) is 7.01. The molecule has 0 spiro atoms. The maximum absolute atomic E-state index is 12.9. The minimum Gasteiger partial charge on any atom is -0.481 e. The Balaban J connectivity index is 1.62. The largest absolute Gasteiger partial charge is 0.481 e. The van der Waals surface area contributed by atoms with Crippen LogP contribution in [0.2, 0.25) is 5.02 Å². The molecule has 2 fully saturated rings. The van der Waals surface area contributed by atoms with E-state index < -0.39 is 5.97 Å². The smallest absolute Gasteiger partial charge is 0.306 e. The van der Waals surface area contributed by atoms with Crippen molar-refractivity contribution in [1.29, 1.82) is 0 Å². The van der Waals surface area contributed by atoms with Crippen molar-refractivity contribution in [2.75, 3.05) is 6.54 Å². The molecule has 1 heterocycles. The summed E-state index contributed by atoms with van der Waals surface area (Å²) in [5, 5.41) is 9.86. The van der Waals surface area contributed by atoms with Gasteiger partial charge in [0.1, 0.15) is 0 Å². The second kappa shape index (κ2) is 7.56. The van der Waals surface area contributed by atoms with Gasteiger partial charge >= 0.3 is 5.97 Å². The summed E-state index contributed by atoms with van der Waals surface area (Å²) in [6.45, 7) is 0.812. The Labute approximate surface area is 147 Å². The number of carboxylic acids is 1. The Bertz CT molecular complexity index is 610. The Morgan fingerprint density at radius 3 is 2.42 bits per heavy atom. The first-order chi connectivity index (χ1) is 11.6. The van der Waals surface area contributed by atoms with Crippen molar-refractivity contribution in [2.24, 2.45) is 11.8 Å². The summed E-state index contributed by atoms with van der Waals surface area (Å²) in [6.07, 6.45) is 5.49. The zero-order valence-corrected chi connectivity index (χ0v) is 14.5. The molecule has 1 saturated heterocycles. The summed E-state index contributed by atoms with van der Waals surface area (Å²) in [5.41, 5.74) is 1.10. The molecule has 1 aromatic carbocycles.